The molecule has 132 valence electrons. The summed E-state index contributed by atoms with van der Waals surface area (Å²) in [4.78, 5) is 14.3. The summed E-state index contributed by atoms with van der Waals surface area (Å²) in [5.74, 6) is 0. The SMILES string of the molecule is CC(C)(C)OC(=O)N1CCCCC1Cn1nnc2cc(C#N)ccc21. The van der Waals surface area contributed by atoms with Gasteiger partial charge in [0.05, 0.1) is 29.7 Å². The summed E-state index contributed by atoms with van der Waals surface area (Å²) in [6.07, 6.45) is 2.71. The van der Waals surface area contributed by atoms with E-state index >= 15 is 0 Å². The second kappa shape index (κ2) is 6.71. The maximum absolute atomic E-state index is 12.5. The van der Waals surface area contributed by atoms with Crippen molar-refractivity contribution in [2.45, 2.75) is 58.2 Å². The van der Waals surface area contributed by atoms with E-state index in [2.05, 4.69) is 16.4 Å². The molecule has 0 N–H and O–H groups in total. The van der Waals surface area contributed by atoms with Crippen molar-refractivity contribution in [2.75, 3.05) is 6.54 Å². The maximum Gasteiger partial charge on any atom is 0.410 e. The van der Waals surface area contributed by atoms with Gasteiger partial charge in [-0.25, -0.2) is 9.48 Å². The van der Waals surface area contributed by atoms with Crippen molar-refractivity contribution in [3.05, 3.63) is 23.8 Å². The van der Waals surface area contributed by atoms with Crippen LogP contribution in [0.5, 0.6) is 0 Å². The van der Waals surface area contributed by atoms with Gasteiger partial charge in [-0.1, -0.05) is 5.21 Å². The number of hydrogen-bond acceptors (Lipinski definition) is 5. The van der Waals surface area contributed by atoms with E-state index in [-0.39, 0.29) is 12.1 Å². The van der Waals surface area contributed by atoms with E-state index in [1.165, 1.54) is 0 Å². The third-order valence-electron chi connectivity index (χ3n) is 4.28. The summed E-state index contributed by atoms with van der Waals surface area (Å²) in [5.41, 5.74) is 1.62. The highest BCUT2D eigenvalue weighted by Crippen LogP contribution is 2.23. The lowest BCUT2D eigenvalue weighted by atomic mass is 10.0. The van der Waals surface area contributed by atoms with Gasteiger partial charge in [0.1, 0.15) is 11.1 Å². The van der Waals surface area contributed by atoms with Gasteiger partial charge in [-0.15, -0.1) is 5.10 Å². The Balaban J connectivity index is 1.80. The minimum Gasteiger partial charge on any atom is -0.444 e. The lowest BCUT2D eigenvalue weighted by Crippen LogP contribution is -2.48. The predicted octanol–water partition coefficient (Wildman–Crippen LogP) is 3.09. The number of ether oxygens (including phenoxy) is 1. The molecule has 1 amide bonds. The number of nitriles is 1. The van der Waals surface area contributed by atoms with E-state index < -0.39 is 5.60 Å². The number of piperidine rings is 1. The van der Waals surface area contributed by atoms with E-state index in [4.69, 9.17) is 10.00 Å². The normalized spacial score (nSPS) is 18.2. The van der Waals surface area contributed by atoms with Gasteiger partial charge in [0, 0.05) is 6.54 Å². The van der Waals surface area contributed by atoms with Crippen molar-refractivity contribution >= 4 is 17.1 Å². The fourth-order valence-electron chi connectivity index (χ4n) is 3.13. The Bertz CT molecular complexity index is 815. The minimum absolute atomic E-state index is 0.0316. The summed E-state index contributed by atoms with van der Waals surface area (Å²) in [6.45, 7) is 6.90. The van der Waals surface area contributed by atoms with E-state index in [0.717, 1.165) is 24.8 Å². The molecule has 2 heterocycles. The fourth-order valence-corrected chi connectivity index (χ4v) is 3.13. The first-order chi connectivity index (χ1) is 11.9. The van der Waals surface area contributed by atoms with E-state index in [1.54, 1.807) is 12.1 Å². The first-order valence-corrected chi connectivity index (χ1v) is 8.60. The Hall–Kier alpha value is -2.62. The second-order valence-electron chi connectivity index (χ2n) is 7.41. The molecule has 2 aromatic rings. The van der Waals surface area contributed by atoms with Crippen LogP contribution in [0.15, 0.2) is 18.2 Å². The molecule has 0 bridgehead atoms. The first kappa shape index (κ1) is 17.2. The molecule has 0 spiro atoms. The zero-order chi connectivity index (χ0) is 18.0. The van der Waals surface area contributed by atoms with Crippen molar-refractivity contribution < 1.29 is 9.53 Å². The van der Waals surface area contributed by atoms with Crippen molar-refractivity contribution in [1.82, 2.24) is 19.9 Å². The van der Waals surface area contributed by atoms with E-state index in [0.29, 0.717) is 24.2 Å². The highest BCUT2D eigenvalue weighted by molar-refractivity contribution is 5.76. The van der Waals surface area contributed by atoms with Crippen LogP contribution in [0, 0.1) is 11.3 Å². The van der Waals surface area contributed by atoms with Crippen molar-refractivity contribution in [2.24, 2.45) is 0 Å². The molecule has 0 aliphatic carbocycles. The number of nitrogens with zero attached hydrogens (tertiary/aromatic N) is 5. The Morgan fingerprint density at radius 3 is 2.92 bits per heavy atom. The number of hydrogen-bond donors (Lipinski definition) is 0. The molecule has 7 heteroatoms. The second-order valence-corrected chi connectivity index (χ2v) is 7.41. The number of benzene rings is 1. The zero-order valence-corrected chi connectivity index (χ0v) is 14.9. The fraction of sp³-hybridized carbons (Fsp3) is 0.556. The first-order valence-electron chi connectivity index (χ1n) is 8.60. The zero-order valence-electron chi connectivity index (χ0n) is 14.9. The van der Waals surface area contributed by atoms with E-state index in [1.807, 2.05) is 36.4 Å². The quantitative estimate of drug-likeness (QED) is 0.838. The lowest BCUT2D eigenvalue weighted by molar-refractivity contribution is 0.00748. The van der Waals surface area contributed by atoms with Crippen LogP contribution in [-0.2, 0) is 11.3 Å². The lowest BCUT2D eigenvalue weighted by Gasteiger charge is -2.36. The van der Waals surface area contributed by atoms with Crippen LogP contribution in [-0.4, -0.2) is 44.2 Å². The third kappa shape index (κ3) is 3.90. The largest absolute Gasteiger partial charge is 0.444 e. The van der Waals surface area contributed by atoms with Crippen LogP contribution in [0.3, 0.4) is 0 Å². The van der Waals surface area contributed by atoms with Crippen LogP contribution in [0.1, 0.15) is 45.6 Å². The molecule has 1 fully saturated rings. The number of carbonyl (C=O) groups excluding carboxylic acids is 1. The van der Waals surface area contributed by atoms with Gasteiger partial charge in [-0.3, -0.25) is 0 Å². The minimum atomic E-state index is -0.507. The molecule has 0 saturated carbocycles. The molecular weight excluding hydrogens is 318 g/mol. The van der Waals surface area contributed by atoms with Crippen molar-refractivity contribution in [1.29, 1.82) is 5.26 Å². The van der Waals surface area contributed by atoms with Gasteiger partial charge in [-0.05, 0) is 58.2 Å². The summed E-state index contributed by atoms with van der Waals surface area (Å²) in [7, 11) is 0. The molecular formula is C18H23N5O2. The van der Waals surface area contributed by atoms with Gasteiger partial charge in [-0.2, -0.15) is 5.26 Å². The standard InChI is InChI=1S/C18H23N5O2/c1-18(2,3)25-17(24)22-9-5-4-6-14(22)12-23-16-8-7-13(11-19)10-15(16)20-21-23/h7-8,10,14H,4-6,9,12H2,1-3H3. The maximum atomic E-state index is 12.5. The van der Waals surface area contributed by atoms with Crippen LogP contribution < -0.4 is 0 Å². The van der Waals surface area contributed by atoms with Crippen LogP contribution in [0.4, 0.5) is 4.79 Å². The number of amides is 1. The molecule has 1 aliphatic rings. The smallest absolute Gasteiger partial charge is 0.410 e. The Morgan fingerprint density at radius 2 is 2.20 bits per heavy atom. The third-order valence-corrected chi connectivity index (χ3v) is 4.28. The average molecular weight is 341 g/mol. The molecule has 1 atom stereocenters. The molecule has 1 aliphatic heterocycles. The van der Waals surface area contributed by atoms with E-state index in [9.17, 15) is 4.79 Å². The molecule has 7 nitrogen and oxygen atoms in total. The Morgan fingerprint density at radius 1 is 1.40 bits per heavy atom. The van der Waals surface area contributed by atoms with Gasteiger partial charge in [0.15, 0.2) is 0 Å². The van der Waals surface area contributed by atoms with Gasteiger partial charge >= 0.3 is 6.09 Å². The predicted molar refractivity (Wildman–Crippen MR) is 92.8 cm³/mol. The van der Waals surface area contributed by atoms with Gasteiger partial charge < -0.3 is 9.64 Å². The summed E-state index contributed by atoms with van der Waals surface area (Å²) < 4.78 is 7.36. The summed E-state index contributed by atoms with van der Waals surface area (Å²) in [6, 6.07) is 7.48. The Labute approximate surface area is 147 Å². The molecule has 1 saturated heterocycles. The van der Waals surface area contributed by atoms with Crippen LogP contribution in [0.2, 0.25) is 0 Å². The van der Waals surface area contributed by atoms with Crippen LogP contribution >= 0.6 is 0 Å². The van der Waals surface area contributed by atoms with Crippen LogP contribution in [0.25, 0.3) is 11.0 Å². The highest BCUT2D eigenvalue weighted by atomic mass is 16.6. The van der Waals surface area contributed by atoms with Crippen molar-refractivity contribution in [3.63, 3.8) is 0 Å². The Kier molecular flexibility index (Phi) is 4.62. The number of rotatable bonds is 2. The van der Waals surface area contributed by atoms with Crippen molar-refractivity contribution in [3.8, 4) is 6.07 Å². The monoisotopic (exact) mass is 341 g/mol. The van der Waals surface area contributed by atoms with Gasteiger partial charge in [0.25, 0.3) is 0 Å². The number of carbonyl (C=O) groups is 1. The van der Waals surface area contributed by atoms with Gasteiger partial charge in [0.2, 0.25) is 0 Å². The highest BCUT2D eigenvalue weighted by Gasteiger charge is 2.31. The molecule has 0 radical (unpaired) electrons. The number of likely N-dealkylation sites (tertiary alicyclic amines) is 1. The molecule has 3 rings (SSSR count). The summed E-state index contributed by atoms with van der Waals surface area (Å²) >= 11 is 0. The number of aromatic nitrogens is 3. The average Bonchev–Trinajstić information content (AvgIpc) is 2.96. The number of fused-ring (bicyclic) bond motifs is 1. The molecule has 1 aromatic heterocycles. The molecule has 25 heavy (non-hydrogen) atoms. The summed E-state index contributed by atoms with van der Waals surface area (Å²) in [5, 5.41) is 17.4. The molecule has 1 unspecified atom stereocenters. The molecule has 1 aromatic carbocycles. The topological polar surface area (TPSA) is 84.0 Å².